The largest absolute Gasteiger partial charge is 0.465 e. The van der Waals surface area contributed by atoms with E-state index in [9.17, 15) is 9.59 Å². The number of aromatic nitrogens is 1. The highest BCUT2D eigenvalue weighted by Crippen LogP contribution is 2.64. The van der Waals surface area contributed by atoms with E-state index in [-0.39, 0.29) is 17.2 Å². The lowest BCUT2D eigenvalue weighted by Crippen LogP contribution is -2.26. The number of ketones is 1. The van der Waals surface area contributed by atoms with E-state index in [0.717, 1.165) is 24.2 Å². The number of aromatic amines is 1. The van der Waals surface area contributed by atoms with Gasteiger partial charge in [-0.2, -0.15) is 0 Å². The number of fused-ring (bicyclic) bond motifs is 1. The zero-order valence-corrected chi connectivity index (χ0v) is 10.8. The van der Waals surface area contributed by atoms with Gasteiger partial charge < -0.3 is 15.0 Å². The maximum absolute atomic E-state index is 12.2. The Hall–Kier alpha value is -2.04. The number of esters is 1. The summed E-state index contributed by atoms with van der Waals surface area (Å²) in [6, 6.07) is 0. The van der Waals surface area contributed by atoms with Crippen molar-refractivity contribution in [2.24, 2.45) is 5.92 Å². The van der Waals surface area contributed by atoms with Crippen LogP contribution in [0.5, 0.6) is 0 Å². The molecule has 2 fully saturated rings. The number of ether oxygens (including phenoxy) is 1. The minimum atomic E-state index is -0.365. The zero-order chi connectivity index (χ0) is 13.4. The fourth-order valence-corrected chi connectivity index (χ4v) is 3.73. The van der Waals surface area contributed by atoms with E-state index in [2.05, 4.69) is 10.3 Å². The van der Waals surface area contributed by atoms with E-state index >= 15 is 0 Å². The Kier molecular flexibility index (Phi) is 1.77. The summed E-state index contributed by atoms with van der Waals surface area (Å²) in [4.78, 5) is 27.3. The molecule has 0 amide bonds. The molecule has 1 saturated heterocycles. The second kappa shape index (κ2) is 3.10. The number of rotatable bonds is 1. The first-order valence-corrected chi connectivity index (χ1v) is 6.41. The minimum absolute atomic E-state index is 0.0612. The molecule has 5 nitrogen and oxygen atoms in total. The van der Waals surface area contributed by atoms with Crippen LogP contribution >= 0.6 is 0 Å². The normalized spacial score (nSPS) is 29.9. The second-order valence-electron chi connectivity index (χ2n) is 5.54. The van der Waals surface area contributed by atoms with E-state index in [1.165, 1.54) is 7.11 Å². The molecule has 1 aromatic rings. The van der Waals surface area contributed by atoms with E-state index in [4.69, 9.17) is 4.74 Å². The lowest BCUT2D eigenvalue weighted by Gasteiger charge is -2.21. The third kappa shape index (κ3) is 1.07. The molecule has 19 heavy (non-hydrogen) atoms. The van der Waals surface area contributed by atoms with Gasteiger partial charge >= 0.3 is 5.97 Å². The van der Waals surface area contributed by atoms with E-state index in [1.54, 1.807) is 6.08 Å². The molecule has 5 heteroatoms. The average Bonchev–Trinajstić information content (AvgIpc) is 2.83. The number of carbonyl (C=O) groups excluding carboxylic acids is 2. The first-order chi connectivity index (χ1) is 9.09. The van der Waals surface area contributed by atoms with Crippen molar-refractivity contribution < 1.29 is 14.3 Å². The van der Waals surface area contributed by atoms with Crippen LogP contribution in [-0.4, -0.2) is 30.4 Å². The number of nitrogens with one attached hydrogen (secondary N) is 2. The average molecular weight is 258 g/mol. The topological polar surface area (TPSA) is 71.2 Å². The highest BCUT2D eigenvalue weighted by atomic mass is 16.5. The van der Waals surface area contributed by atoms with Crippen LogP contribution in [0.1, 0.15) is 38.5 Å². The SMILES string of the molecule is COC(=O)c1c(C)[nH]c2c1[C@@]13C[C@@H]1CNC3=CC2=O. The summed E-state index contributed by atoms with van der Waals surface area (Å²) >= 11 is 0. The van der Waals surface area contributed by atoms with Gasteiger partial charge in [0.2, 0.25) is 5.78 Å². The van der Waals surface area contributed by atoms with Gasteiger partial charge in [-0.25, -0.2) is 4.79 Å². The maximum atomic E-state index is 12.2. The van der Waals surface area contributed by atoms with Crippen LogP contribution in [0.4, 0.5) is 0 Å². The molecule has 0 unspecified atom stereocenters. The second-order valence-corrected chi connectivity index (χ2v) is 5.54. The summed E-state index contributed by atoms with van der Waals surface area (Å²) in [5, 5.41) is 3.29. The molecule has 0 aromatic carbocycles. The van der Waals surface area contributed by atoms with Crippen LogP contribution < -0.4 is 5.32 Å². The third-order valence-corrected chi connectivity index (χ3v) is 4.67. The Labute approximate surface area is 110 Å². The molecule has 2 N–H and O–H groups in total. The van der Waals surface area contributed by atoms with Gasteiger partial charge in [0.1, 0.15) is 0 Å². The van der Waals surface area contributed by atoms with Crippen molar-refractivity contribution in [3.63, 3.8) is 0 Å². The van der Waals surface area contributed by atoms with Crippen molar-refractivity contribution >= 4 is 11.8 Å². The number of hydrogen-bond acceptors (Lipinski definition) is 4. The predicted octanol–water partition coefficient (Wildman–Crippen LogP) is 1.05. The molecule has 2 atom stereocenters. The number of methoxy groups -OCH3 is 1. The summed E-state index contributed by atoms with van der Waals surface area (Å²) in [5.74, 6) is 0.0640. The summed E-state index contributed by atoms with van der Waals surface area (Å²) in [7, 11) is 1.37. The van der Waals surface area contributed by atoms with Crippen molar-refractivity contribution in [3.8, 4) is 0 Å². The third-order valence-electron chi connectivity index (χ3n) is 4.67. The Morgan fingerprint density at radius 1 is 1.53 bits per heavy atom. The molecule has 3 aliphatic rings. The first-order valence-electron chi connectivity index (χ1n) is 6.41. The summed E-state index contributed by atoms with van der Waals surface area (Å²) in [6.07, 6.45) is 2.68. The van der Waals surface area contributed by atoms with Crippen LogP contribution in [0, 0.1) is 12.8 Å². The van der Waals surface area contributed by atoms with Crippen molar-refractivity contribution in [3.05, 3.63) is 34.3 Å². The minimum Gasteiger partial charge on any atom is -0.465 e. The standard InChI is InChI=1S/C14H14N2O3/c1-6-10(13(18)19-2)11-12(16-6)8(17)3-9-14(11)4-7(14)5-15-9/h3,7,15-16H,4-5H2,1-2H3/t7-,14+/m1/s1. The Morgan fingerprint density at radius 2 is 2.32 bits per heavy atom. The number of hydrogen-bond donors (Lipinski definition) is 2. The van der Waals surface area contributed by atoms with Crippen LogP contribution in [0.15, 0.2) is 11.8 Å². The highest BCUT2D eigenvalue weighted by Gasteiger charge is 2.65. The van der Waals surface area contributed by atoms with Crippen LogP contribution in [0.25, 0.3) is 0 Å². The molecular formula is C14H14N2O3. The quantitative estimate of drug-likeness (QED) is 0.739. The van der Waals surface area contributed by atoms with Crippen molar-refractivity contribution in [2.75, 3.05) is 13.7 Å². The summed E-state index contributed by atoms with van der Waals surface area (Å²) < 4.78 is 4.88. The molecule has 2 aliphatic carbocycles. The molecule has 1 spiro atoms. The van der Waals surface area contributed by atoms with Gasteiger partial charge in [-0.3, -0.25) is 4.79 Å². The molecular weight excluding hydrogens is 244 g/mol. The fourth-order valence-electron chi connectivity index (χ4n) is 3.73. The van der Waals surface area contributed by atoms with Gasteiger partial charge in [0.25, 0.3) is 0 Å². The number of piperidine rings is 1. The predicted molar refractivity (Wildman–Crippen MR) is 67.1 cm³/mol. The molecule has 1 aliphatic heterocycles. The summed E-state index contributed by atoms with van der Waals surface area (Å²) in [6.45, 7) is 2.69. The Bertz CT molecular complexity index is 670. The molecule has 0 bridgehead atoms. The van der Waals surface area contributed by atoms with E-state index in [1.807, 2.05) is 6.92 Å². The Morgan fingerprint density at radius 3 is 3.00 bits per heavy atom. The van der Waals surface area contributed by atoms with Crippen molar-refractivity contribution in [2.45, 2.75) is 18.8 Å². The molecule has 1 aromatic heterocycles. The molecule has 0 radical (unpaired) electrons. The van der Waals surface area contributed by atoms with Crippen molar-refractivity contribution in [1.29, 1.82) is 0 Å². The lowest BCUT2D eigenvalue weighted by atomic mass is 9.83. The maximum Gasteiger partial charge on any atom is 0.340 e. The molecule has 1 saturated carbocycles. The molecule has 4 rings (SSSR count). The van der Waals surface area contributed by atoms with Crippen LogP contribution in [0.2, 0.25) is 0 Å². The van der Waals surface area contributed by atoms with Gasteiger partial charge in [0, 0.05) is 35.0 Å². The van der Waals surface area contributed by atoms with Gasteiger partial charge in [0.05, 0.1) is 18.4 Å². The monoisotopic (exact) mass is 258 g/mol. The summed E-state index contributed by atoms with van der Waals surface area (Å²) in [5.41, 5.74) is 3.51. The van der Waals surface area contributed by atoms with Crippen molar-refractivity contribution in [1.82, 2.24) is 10.3 Å². The smallest absolute Gasteiger partial charge is 0.340 e. The Balaban J connectivity index is 2.02. The molecule has 2 heterocycles. The highest BCUT2D eigenvalue weighted by molar-refractivity contribution is 6.10. The molecule has 98 valence electrons. The number of carbonyl (C=O) groups is 2. The number of allylic oxidation sites excluding steroid dienone is 2. The van der Waals surface area contributed by atoms with Gasteiger partial charge in [-0.1, -0.05) is 0 Å². The van der Waals surface area contributed by atoms with Crippen LogP contribution in [-0.2, 0) is 10.2 Å². The van der Waals surface area contributed by atoms with E-state index < -0.39 is 0 Å². The van der Waals surface area contributed by atoms with E-state index in [0.29, 0.717) is 22.9 Å². The van der Waals surface area contributed by atoms with Gasteiger partial charge in [-0.05, 0) is 19.3 Å². The zero-order valence-electron chi connectivity index (χ0n) is 10.8. The van der Waals surface area contributed by atoms with Crippen LogP contribution in [0.3, 0.4) is 0 Å². The fraction of sp³-hybridized carbons (Fsp3) is 0.429. The first kappa shape index (κ1) is 10.8. The lowest BCUT2D eigenvalue weighted by molar-refractivity contribution is 0.0598. The number of H-pyrrole nitrogens is 1. The van der Waals surface area contributed by atoms with Gasteiger partial charge in [-0.15, -0.1) is 0 Å². The number of aryl methyl sites for hydroxylation is 1. The van der Waals surface area contributed by atoms with Gasteiger partial charge in [0.15, 0.2) is 0 Å².